The third-order valence-corrected chi connectivity index (χ3v) is 4.66. The van der Waals surface area contributed by atoms with E-state index in [9.17, 15) is 4.79 Å². The van der Waals surface area contributed by atoms with Crippen LogP contribution in [0.25, 0.3) is 0 Å². The number of hydrogen-bond acceptors (Lipinski definition) is 6. The third-order valence-electron chi connectivity index (χ3n) is 3.76. The van der Waals surface area contributed by atoms with E-state index in [0.29, 0.717) is 11.6 Å². The summed E-state index contributed by atoms with van der Waals surface area (Å²) in [5.74, 6) is -0.235. The molecule has 0 spiro atoms. The van der Waals surface area contributed by atoms with Crippen LogP contribution in [0.15, 0.2) is 35.5 Å². The van der Waals surface area contributed by atoms with E-state index in [1.54, 1.807) is 0 Å². The third kappa shape index (κ3) is 4.17. The lowest BCUT2D eigenvalue weighted by Crippen LogP contribution is -2.28. The van der Waals surface area contributed by atoms with Crippen LogP contribution in [0.1, 0.15) is 43.2 Å². The van der Waals surface area contributed by atoms with Gasteiger partial charge in [0.25, 0.3) is 5.91 Å². The van der Waals surface area contributed by atoms with Gasteiger partial charge in [-0.05, 0) is 12.0 Å². The minimum atomic E-state index is -0.618. The quantitative estimate of drug-likeness (QED) is 0.781. The molecule has 3 rings (SSSR count). The summed E-state index contributed by atoms with van der Waals surface area (Å²) in [5, 5.41) is 16.4. The number of nitrogens with zero attached hydrogens (tertiary/aromatic N) is 3. The number of unbranched alkanes of at least 4 members (excludes halogenated alkanes) is 2. The van der Waals surface area contributed by atoms with Crippen molar-refractivity contribution in [2.75, 3.05) is 5.32 Å². The number of amides is 1. The number of hydrogen-bond donors (Lipinski definition) is 1. The summed E-state index contributed by atoms with van der Waals surface area (Å²) in [6.45, 7) is 2.17. The van der Waals surface area contributed by atoms with Crippen molar-refractivity contribution < 1.29 is 9.63 Å². The molecule has 6 nitrogen and oxygen atoms in total. The van der Waals surface area contributed by atoms with Crippen LogP contribution in [0.3, 0.4) is 0 Å². The van der Waals surface area contributed by atoms with Gasteiger partial charge in [-0.25, -0.2) is 0 Å². The summed E-state index contributed by atoms with van der Waals surface area (Å²) in [5.41, 5.74) is 1.76. The maximum absolute atomic E-state index is 12.3. The van der Waals surface area contributed by atoms with E-state index in [1.165, 1.54) is 24.2 Å². The summed E-state index contributed by atoms with van der Waals surface area (Å²) < 4.78 is 0. The fourth-order valence-electron chi connectivity index (χ4n) is 2.44. The van der Waals surface area contributed by atoms with Gasteiger partial charge in [0.2, 0.25) is 11.2 Å². The molecule has 1 aromatic carbocycles. The number of anilines is 1. The summed E-state index contributed by atoms with van der Waals surface area (Å²) in [6.07, 6.45) is 4.19. The van der Waals surface area contributed by atoms with Gasteiger partial charge >= 0.3 is 0 Å². The van der Waals surface area contributed by atoms with Crippen LogP contribution in [0.2, 0.25) is 0 Å². The molecule has 0 unspecified atom stereocenters. The molecule has 1 amide bonds. The van der Waals surface area contributed by atoms with Gasteiger partial charge in [-0.15, -0.1) is 10.2 Å². The van der Waals surface area contributed by atoms with E-state index in [1.807, 2.05) is 30.3 Å². The first-order chi connectivity index (χ1) is 11.8. The van der Waals surface area contributed by atoms with Crippen LogP contribution in [0.5, 0.6) is 0 Å². The maximum Gasteiger partial charge on any atom is 0.270 e. The molecule has 0 saturated carbocycles. The Morgan fingerprint density at radius 2 is 2.12 bits per heavy atom. The minimum Gasteiger partial charge on any atom is -0.382 e. The zero-order valence-electron chi connectivity index (χ0n) is 13.6. The lowest BCUT2D eigenvalue weighted by molar-refractivity contribution is -0.125. The summed E-state index contributed by atoms with van der Waals surface area (Å²) in [4.78, 5) is 17.6. The molecule has 24 heavy (non-hydrogen) atoms. The van der Waals surface area contributed by atoms with E-state index in [2.05, 4.69) is 27.6 Å². The summed E-state index contributed by atoms with van der Waals surface area (Å²) >= 11 is 1.42. The Kier molecular flexibility index (Phi) is 5.53. The number of aromatic nitrogens is 2. The highest BCUT2D eigenvalue weighted by molar-refractivity contribution is 7.15. The van der Waals surface area contributed by atoms with Gasteiger partial charge in [0.1, 0.15) is 5.01 Å². The summed E-state index contributed by atoms with van der Waals surface area (Å²) in [6, 6.07) is 9.72. The van der Waals surface area contributed by atoms with Crippen molar-refractivity contribution in [1.82, 2.24) is 10.2 Å². The van der Waals surface area contributed by atoms with Crippen molar-refractivity contribution in [3.63, 3.8) is 0 Å². The average Bonchev–Trinajstić information content (AvgIpc) is 3.26. The lowest BCUT2D eigenvalue weighted by atomic mass is 10.1. The number of carbonyl (C=O) groups excluding carboxylic acids is 1. The average molecular weight is 344 g/mol. The van der Waals surface area contributed by atoms with Gasteiger partial charge in [0.05, 0.1) is 5.71 Å². The molecule has 7 heteroatoms. The highest BCUT2D eigenvalue weighted by Crippen LogP contribution is 2.21. The van der Waals surface area contributed by atoms with Crippen LogP contribution in [0.4, 0.5) is 5.13 Å². The van der Waals surface area contributed by atoms with Crippen molar-refractivity contribution in [3.8, 4) is 0 Å². The molecule has 1 N–H and O–H groups in total. The van der Waals surface area contributed by atoms with Gasteiger partial charge in [-0.1, -0.05) is 66.6 Å². The fourth-order valence-corrected chi connectivity index (χ4v) is 3.22. The first-order valence-corrected chi connectivity index (χ1v) is 8.99. The van der Waals surface area contributed by atoms with Crippen LogP contribution < -0.4 is 5.32 Å². The highest BCUT2D eigenvalue weighted by Gasteiger charge is 2.29. The Labute approximate surface area is 144 Å². The van der Waals surface area contributed by atoms with E-state index >= 15 is 0 Å². The SMILES string of the molecule is CCCCCc1nnc(NC(=O)[C@@H]2CC(c3ccccc3)=NO2)s1. The molecule has 0 bridgehead atoms. The monoisotopic (exact) mass is 344 g/mol. The first kappa shape index (κ1) is 16.6. The highest BCUT2D eigenvalue weighted by atomic mass is 32.1. The lowest BCUT2D eigenvalue weighted by Gasteiger charge is -2.06. The second-order valence-corrected chi connectivity index (χ2v) is 6.71. The minimum absolute atomic E-state index is 0.235. The molecule has 1 aliphatic rings. The van der Waals surface area contributed by atoms with Crippen molar-refractivity contribution in [1.29, 1.82) is 0 Å². The van der Waals surface area contributed by atoms with Crippen LogP contribution in [0, 0.1) is 0 Å². The van der Waals surface area contributed by atoms with E-state index in [0.717, 1.165) is 29.1 Å². The smallest absolute Gasteiger partial charge is 0.270 e. The molecule has 1 aromatic heterocycles. The van der Waals surface area contributed by atoms with Gasteiger partial charge in [-0.3, -0.25) is 10.1 Å². The zero-order valence-corrected chi connectivity index (χ0v) is 14.4. The number of benzene rings is 1. The number of aryl methyl sites for hydroxylation is 1. The van der Waals surface area contributed by atoms with Gasteiger partial charge in [-0.2, -0.15) is 0 Å². The van der Waals surface area contributed by atoms with E-state index in [-0.39, 0.29) is 5.91 Å². The van der Waals surface area contributed by atoms with Crippen molar-refractivity contribution >= 4 is 28.1 Å². The molecule has 2 heterocycles. The van der Waals surface area contributed by atoms with Gasteiger partial charge in [0, 0.05) is 12.8 Å². The van der Waals surface area contributed by atoms with Crippen molar-refractivity contribution in [3.05, 3.63) is 40.9 Å². The Bertz CT molecular complexity index is 714. The number of rotatable bonds is 7. The Morgan fingerprint density at radius 3 is 2.92 bits per heavy atom. The first-order valence-electron chi connectivity index (χ1n) is 8.17. The van der Waals surface area contributed by atoms with Crippen molar-refractivity contribution in [2.45, 2.75) is 45.1 Å². The Balaban J connectivity index is 1.51. The fraction of sp³-hybridized carbons (Fsp3) is 0.412. The second kappa shape index (κ2) is 8.01. The topological polar surface area (TPSA) is 76.5 Å². The molecule has 0 aliphatic carbocycles. The Morgan fingerprint density at radius 1 is 1.29 bits per heavy atom. The van der Waals surface area contributed by atoms with Crippen molar-refractivity contribution in [2.24, 2.45) is 5.16 Å². The molecular formula is C17H20N4O2S. The molecular weight excluding hydrogens is 324 g/mol. The second-order valence-electron chi connectivity index (χ2n) is 5.65. The molecule has 0 radical (unpaired) electrons. The van der Waals surface area contributed by atoms with Crippen LogP contribution in [-0.2, 0) is 16.1 Å². The zero-order chi connectivity index (χ0) is 16.8. The number of carbonyl (C=O) groups is 1. The van der Waals surface area contributed by atoms with E-state index in [4.69, 9.17) is 4.84 Å². The predicted molar refractivity (Wildman–Crippen MR) is 94.2 cm³/mol. The maximum atomic E-state index is 12.3. The van der Waals surface area contributed by atoms with Gasteiger partial charge < -0.3 is 4.84 Å². The normalized spacial score (nSPS) is 16.5. The van der Waals surface area contributed by atoms with Crippen LogP contribution in [-0.4, -0.2) is 27.9 Å². The molecule has 126 valence electrons. The molecule has 1 aliphatic heterocycles. The predicted octanol–water partition coefficient (Wildman–Crippen LogP) is 3.40. The van der Waals surface area contributed by atoms with E-state index < -0.39 is 6.10 Å². The summed E-state index contributed by atoms with van der Waals surface area (Å²) in [7, 11) is 0. The van der Waals surface area contributed by atoms with Gasteiger partial charge in [0.15, 0.2) is 0 Å². The molecule has 0 fully saturated rings. The standard InChI is InChI=1S/C17H20N4O2S/c1-2-3-5-10-15-19-20-17(24-15)18-16(22)14-11-13(21-23-14)12-8-6-4-7-9-12/h4,6-9,14H,2-3,5,10-11H2,1H3,(H,18,20,22)/t14-/m0/s1. The molecule has 1 atom stereocenters. The number of oxime groups is 1. The van der Waals surface area contributed by atoms with Crippen LogP contribution >= 0.6 is 11.3 Å². The molecule has 2 aromatic rings. The number of nitrogens with one attached hydrogen (secondary N) is 1. The Hall–Kier alpha value is -2.28. The largest absolute Gasteiger partial charge is 0.382 e. The molecule has 0 saturated heterocycles.